The maximum Gasteiger partial charge on any atom is 0.410 e. The van der Waals surface area contributed by atoms with E-state index in [1.807, 2.05) is 55.4 Å². The van der Waals surface area contributed by atoms with Crippen LogP contribution in [0.5, 0.6) is 0 Å². The number of hydrogen-bond acceptors (Lipinski definition) is 8. The lowest BCUT2D eigenvalue weighted by Gasteiger charge is -2.36. The number of esters is 2. The Morgan fingerprint density at radius 2 is 0.944 bits per heavy atom. The van der Waals surface area contributed by atoms with E-state index in [0.717, 1.165) is 0 Å². The van der Waals surface area contributed by atoms with Gasteiger partial charge in [0.15, 0.2) is 0 Å². The van der Waals surface area contributed by atoms with Gasteiger partial charge < -0.3 is 28.7 Å². The molecule has 10 nitrogen and oxygen atoms in total. The fraction of sp³-hybridized carbons (Fsp3) is 0.846. The molecule has 0 aromatic heterocycles. The Morgan fingerprint density at radius 1 is 0.639 bits per heavy atom. The minimum atomic E-state index is -0.487. The molecule has 0 aromatic carbocycles. The summed E-state index contributed by atoms with van der Waals surface area (Å²) in [7, 11) is 2.80. The van der Waals surface area contributed by atoms with E-state index < -0.39 is 11.2 Å². The van der Waals surface area contributed by atoms with E-state index in [1.54, 1.807) is 9.80 Å². The minimum Gasteiger partial charge on any atom is -0.469 e. The first-order valence-electron chi connectivity index (χ1n) is 12.6. The first-order valence-corrected chi connectivity index (χ1v) is 12.6. The van der Waals surface area contributed by atoms with E-state index in [2.05, 4.69) is 0 Å². The summed E-state index contributed by atoms with van der Waals surface area (Å²) in [5.74, 6) is -0.419. The number of nitrogens with zero attached hydrogens (tertiary/aromatic N) is 2. The van der Waals surface area contributed by atoms with Crippen molar-refractivity contribution >= 4 is 24.1 Å². The summed E-state index contributed by atoms with van der Waals surface area (Å²) >= 11 is 0. The first-order chi connectivity index (χ1) is 16.5. The van der Waals surface area contributed by atoms with E-state index in [-0.39, 0.29) is 47.8 Å². The number of carbonyl (C=O) groups excluding carboxylic acids is 4. The fourth-order valence-corrected chi connectivity index (χ4v) is 4.28. The quantitative estimate of drug-likeness (QED) is 0.400. The highest BCUT2D eigenvalue weighted by Crippen LogP contribution is 2.26. The van der Waals surface area contributed by atoms with Gasteiger partial charge in [0.2, 0.25) is 0 Å². The van der Waals surface area contributed by atoms with Crippen molar-refractivity contribution in [2.75, 3.05) is 40.4 Å². The van der Waals surface area contributed by atoms with Gasteiger partial charge in [-0.15, -0.1) is 0 Å². The van der Waals surface area contributed by atoms with Crippen LogP contribution < -0.4 is 0 Å². The van der Waals surface area contributed by atoms with Gasteiger partial charge in [-0.05, 0) is 66.2 Å². The van der Waals surface area contributed by atoms with E-state index in [0.29, 0.717) is 39.0 Å². The Kier molecular flexibility index (Phi) is 11.5. The zero-order valence-corrected chi connectivity index (χ0v) is 23.7. The summed E-state index contributed by atoms with van der Waals surface area (Å²) in [6.07, 6.45) is 0.649. The fourth-order valence-electron chi connectivity index (χ4n) is 4.28. The van der Waals surface area contributed by atoms with Crippen LogP contribution in [0.4, 0.5) is 9.59 Å². The molecule has 10 heteroatoms. The summed E-state index contributed by atoms with van der Waals surface area (Å²) in [5.41, 5.74) is -0.973. The van der Waals surface area contributed by atoms with Crippen LogP contribution in [0.2, 0.25) is 0 Å². The molecule has 36 heavy (non-hydrogen) atoms. The summed E-state index contributed by atoms with van der Waals surface area (Å²) in [6, 6.07) is 0. The van der Waals surface area contributed by atoms with Crippen LogP contribution in [0.3, 0.4) is 0 Å². The van der Waals surface area contributed by atoms with Crippen molar-refractivity contribution in [2.45, 2.75) is 79.4 Å². The second-order valence-corrected chi connectivity index (χ2v) is 11.6. The number of likely N-dealkylation sites (tertiary alicyclic amines) is 2. The van der Waals surface area contributed by atoms with Crippen molar-refractivity contribution in [1.29, 1.82) is 0 Å². The lowest BCUT2D eigenvalue weighted by Crippen LogP contribution is -2.46. The zero-order valence-electron chi connectivity index (χ0n) is 23.7. The van der Waals surface area contributed by atoms with Crippen molar-refractivity contribution in [1.82, 2.24) is 9.80 Å². The van der Waals surface area contributed by atoms with Crippen molar-refractivity contribution < 1.29 is 38.1 Å². The number of carbonyl (C=O) groups is 4. The number of piperidine rings is 2. The van der Waals surface area contributed by atoms with Crippen LogP contribution in [0.15, 0.2) is 0 Å². The van der Waals surface area contributed by atoms with Gasteiger partial charge in [-0.3, -0.25) is 9.59 Å². The molecular formula is C26H46N2O8. The Morgan fingerprint density at radius 3 is 1.17 bits per heavy atom. The summed E-state index contributed by atoms with van der Waals surface area (Å²) in [6.45, 7) is 17.1. The molecule has 0 saturated carbocycles. The third-order valence-electron chi connectivity index (χ3n) is 6.12. The van der Waals surface area contributed by atoms with Crippen LogP contribution >= 0.6 is 0 Å². The van der Waals surface area contributed by atoms with Gasteiger partial charge in [0.25, 0.3) is 0 Å². The van der Waals surface area contributed by atoms with E-state index in [1.165, 1.54) is 14.2 Å². The molecule has 0 spiro atoms. The van der Waals surface area contributed by atoms with Crippen LogP contribution in [0, 0.1) is 23.7 Å². The van der Waals surface area contributed by atoms with Gasteiger partial charge in [0.1, 0.15) is 11.2 Å². The Bertz CT molecular complexity index is 707. The molecular weight excluding hydrogens is 468 g/mol. The smallest absolute Gasteiger partial charge is 0.410 e. The average molecular weight is 515 g/mol. The van der Waals surface area contributed by atoms with Crippen LogP contribution in [-0.2, 0) is 28.5 Å². The molecule has 2 heterocycles. The van der Waals surface area contributed by atoms with Crippen molar-refractivity contribution in [3.05, 3.63) is 0 Å². The monoisotopic (exact) mass is 514 g/mol. The van der Waals surface area contributed by atoms with Crippen molar-refractivity contribution in [3.63, 3.8) is 0 Å². The topological polar surface area (TPSA) is 112 Å². The maximum atomic E-state index is 11.9. The number of amides is 2. The number of methoxy groups -OCH3 is 2. The van der Waals surface area contributed by atoms with E-state index >= 15 is 0 Å². The summed E-state index contributed by atoms with van der Waals surface area (Å²) < 4.78 is 20.2. The molecule has 0 aliphatic carbocycles. The van der Waals surface area contributed by atoms with Crippen molar-refractivity contribution in [3.8, 4) is 0 Å². The first kappa shape index (κ1) is 31.5. The predicted molar refractivity (Wildman–Crippen MR) is 134 cm³/mol. The summed E-state index contributed by atoms with van der Waals surface area (Å²) in [4.78, 5) is 50.2. The van der Waals surface area contributed by atoms with Gasteiger partial charge in [-0.25, -0.2) is 9.59 Å². The second-order valence-electron chi connectivity index (χ2n) is 11.6. The lowest BCUT2D eigenvalue weighted by atomic mass is 9.87. The molecule has 2 fully saturated rings. The molecule has 2 amide bonds. The molecule has 2 saturated heterocycles. The average Bonchev–Trinajstić information content (AvgIpc) is 2.76. The van der Waals surface area contributed by atoms with Crippen LogP contribution in [0.25, 0.3) is 0 Å². The zero-order chi connectivity index (χ0) is 27.8. The largest absolute Gasteiger partial charge is 0.469 e. The molecule has 0 unspecified atom stereocenters. The van der Waals surface area contributed by atoms with Crippen LogP contribution in [0.1, 0.15) is 68.2 Å². The van der Waals surface area contributed by atoms with Gasteiger partial charge >= 0.3 is 24.1 Å². The summed E-state index contributed by atoms with van der Waals surface area (Å²) in [5, 5.41) is 0. The molecule has 0 aromatic rings. The molecule has 2 aliphatic rings. The SMILES string of the molecule is COC(=O)[C@@H]1CCN(C(=O)OC(C)(C)C)C[C@@H]1C.COC(=O)[C@H]1CCN(C(=O)OC(C)(C)C)C[C@H]1C. The predicted octanol–water partition coefficient (Wildman–Crippen LogP) is 4.11. The minimum absolute atomic E-state index is 0.0960. The molecule has 4 atom stereocenters. The normalized spacial score (nSPS) is 24.6. The van der Waals surface area contributed by atoms with E-state index in [4.69, 9.17) is 18.9 Å². The maximum absolute atomic E-state index is 11.9. The Labute approximate surface area is 215 Å². The molecule has 0 radical (unpaired) electrons. The highest BCUT2D eigenvalue weighted by Gasteiger charge is 2.36. The van der Waals surface area contributed by atoms with Crippen molar-refractivity contribution in [2.24, 2.45) is 23.7 Å². The third-order valence-corrected chi connectivity index (χ3v) is 6.12. The standard InChI is InChI=1S/2C13H23NO4/c2*1-9-8-14(12(16)18-13(2,3)4)7-6-10(9)11(15)17-5/h2*9-10H,6-8H2,1-5H3/t2*9-,10+/m10/s1. The molecule has 0 bridgehead atoms. The highest BCUT2D eigenvalue weighted by molar-refractivity contribution is 5.74. The van der Waals surface area contributed by atoms with Crippen LogP contribution in [-0.4, -0.2) is 85.5 Å². The molecule has 2 aliphatic heterocycles. The van der Waals surface area contributed by atoms with Gasteiger partial charge in [-0.2, -0.15) is 0 Å². The second kappa shape index (κ2) is 13.1. The molecule has 0 N–H and O–H groups in total. The third kappa shape index (κ3) is 10.2. The van der Waals surface area contributed by atoms with Gasteiger partial charge in [-0.1, -0.05) is 13.8 Å². The Balaban J connectivity index is 0.000000360. The number of rotatable bonds is 2. The van der Waals surface area contributed by atoms with Gasteiger partial charge in [0, 0.05) is 26.2 Å². The number of ether oxygens (including phenoxy) is 4. The highest BCUT2D eigenvalue weighted by atomic mass is 16.6. The number of hydrogen-bond donors (Lipinski definition) is 0. The molecule has 208 valence electrons. The molecule has 2 rings (SSSR count). The van der Waals surface area contributed by atoms with E-state index in [9.17, 15) is 19.2 Å². The lowest BCUT2D eigenvalue weighted by molar-refractivity contribution is -0.149. The Hall–Kier alpha value is -2.52. The van der Waals surface area contributed by atoms with Gasteiger partial charge in [0.05, 0.1) is 26.1 Å².